The number of anilines is 2. The fourth-order valence-electron chi connectivity index (χ4n) is 2.64. The summed E-state index contributed by atoms with van der Waals surface area (Å²) in [4.78, 5) is 4.72. The smallest absolute Gasteiger partial charge is 0.187 e. The van der Waals surface area contributed by atoms with Gasteiger partial charge in [0.15, 0.2) is 5.13 Å². The molecule has 0 atom stereocenters. The van der Waals surface area contributed by atoms with Crippen molar-refractivity contribution in [3.05, 3.63) is 77.7 Å². The second-order valence-electron chi connectivity index (χ2n) is 5.56. The Balaban J connectivity index is 1.66. The van der Waals surface area contributed by atoms with Crippen LogP contribution in [0.25, 0.3) is 22.0 Å². The Morgan fingerprint density at radius 1 is 0.870 bits per heavy atom. The van der Waals surface area contributed by atoms with E-state index in [0.29, 0.717) is 0 Å². The van der Waals surface area contributed by atoms with E-state index in [0.717, 1.165) is 22.1 Å². The third kappa shape index (κ3) is 2.83. The molecule has 1 aromatic heterocycles. The van der Waals surface area contributed by atoms with Gasteiger partial charge in [-0.1, -0.05) is 66.2 Å². The second-order valence-corrected chi connectivity index (χ2v) is 6.41. The zero-order chi connectivity index (χ0) is 15.6. The van der Waals surface area contributed by atoms with Crippen LogP contribution in [0, 0.1) is 6.92 Å². The molecule has 0 saturated carbocycles. The maximum absolute atomic E-state index is 4.72. The minimum absolute atomic E-state index is 0.914. The number of nitrogens with one attached hydrogen (secondary N) is 1. The molecule has 0 radical (unpaired) electrons. The van der Waals surface area contributed by atoms with Crippen LogP contribution < -0.4 is 5.32 Å². The number of fused-ring (bicyclic) bond motifs is 1. The SMILES string of the molecule is Cc1ccc(-c2csc(Nc3cccc4ccccc34)n2)cc1. The number of benzene rings is 3. The van der Waals surface area contributed by atoms with Gasteiger partial charge in [-0.2, -0.15) is 0 Å². The molecule has 3 heteroatoms. The molecule has 0 aliphatic rings. The van der Waals surface area contributed by atoms with Gasteiger partial charge >= 0.3 is 0 Å². The zero-order valence-electron chi connectivity index (χ0n) is 12.8. The minimum Gasteiger partial charge on any atom is -0.331 e. The topological polar surface area (TPSA) is 24.9 Å². The summed E-state index contributed by atoms with van der Waals surface area (Å²) in [5.41, 5.74) is 4.52. The molecule has 0 aliphatic carbocycles. The van der Waals surface area contributed by atoms with Crippen molar-refractivity contribution in [1.29, 1.82) is 0 Å². The predicted molar refractivity (Wildman–Crippen MR) is 99.5 cm³/mol. The summed E-state index contributed by atoms with van der Waals surface area (Å²) in [5, 5.41) is 8.90. The molecule has 1 heterocycles. The number of rotatable bonds is 3. The van der Waals surface area contributed by atoms with Crippen LogP contribution in [0.5, 0.6) is 0 Å². The standard InChI is InChI=1S/C20H16N2S/c1-14-9-11-16(12-10-14)19-13-23-20(22-19)21-18-8-4-6-15-5-2-3-7-17(15)18/h2-13H,1H3,(H,21,22). The summed E-state index contributed by atoms with van der Waals surface area (Å²) < 4.78 is 0. The van der Waals surface area contributed by atoms with Crippen LogP contribution in [-0.4, -0.2) is 4.98 Å². The normalized spacial score (nSPS) is 10.8. The first-order valence-corrected chi connectivity index (χ1v) is 8.45. The van der Waals surface area contributed by atoms with Gasteiger partial charge in [-0.05, 0) is 18.4 Å². The average Bonchev–Trinajstić information content (AvgIpc) is 3.04. The summed E-state index contributed by atoms with van der Waals surface area (Å²) >= 11 is 1.63. The average molecular weight is 316 g/mol. The van der Waals surface area contributed by atoms with Crippen LogP contribution >= 0.6 is 11.3 Å². The van der Waals surface area contributed by atoms with E-state index in [4.69, 9.17) is 4.98 Å². The summed E-state index contributed by atoms with van der Waals surface area (Å²) in [6.07, 6.45) is 0. The van der Waals surface area contributed by atoms with E-state index in [1.165, 1.54) is 16.3 Å². The van der Waals surface area contributed by atoms with E-state index >= 15 is 0 Å². The first-order chi connectivity index (χ1) is 11.3. The first-order valence-electron chi connectivity index (χ1n) is 7.57. The van der Waals surface area contributed by atoms with Gasteiger partial charge in [0.25, 0.3) is 0 Å². The van der Waals surface area contributed by atoms with Crippen LogP contribution in [0.15, 0.2) is 72.1 Å². The number of thiazole rings is 1. The monoisotopic (exact) mass is 316 g/mol. The molecular formula is C20H16N2S. The summed E-state index contributed by atoms with van der Waals surface area (Å²) in [6, 6.07) is 23.1. The lowest BCUT2D eigenvalue weighted by atomic mass is 10.1. The molecule has 0 fully saturated rings. The summed E-state index contributed by atoms with van der Waals surface area (Å²) in [6.45, 7) is 2.10. The number of hydrogen-bond acceptors (Lipinski definition) is 3. The minimum atomic E-state index is 0.914. The van der Waals surface area contributed by atoms with Crippen molar-refractivity contribution in [3.8, 4) is 11.3 Å². The fraction of sp³-hybridized carbons (Fsp3) is 0.0500. The zero-order valence-corrected chi connectivity index (χ0v) is 13.6. The Bertz CT molecular complexity index is 949. The number of hydrogen-bond donors (Lipinski definition) is 1. The maximum atomic E-state index is 4.72. The summed E-state index contributed by atoms with van der Waals surface area (Å²) in [5.74, 6) is 0. The van der Waals surface area contributed by atoms with Crippen LogP contribution in [0.3, 0.4) is 0 Å². The van der Waals surface area contributed by atoms with Gasteiger partial charge in [0.05, 0.1) is 5.69 Å². The molecule has 0 saturated heterocycles. The summed E-state index contributed by atoms with van der Waals surface area (Å²) in [7, 11) is 0. The van der Waals surface area contributed by atoms with Crippen LogP contribution in [0.2, 0.25) is 0 Å². The Morgan fingerprint density at radius 3 is 2.52 bits per heavy atom. The molecule has 0 aliphatic heterocycles. The molecule has 3 aromatic carbocycles. The van der Waals surface area contributed by atoms with Crippen molar-refractivity contribution in [3.63, 3.8) is 0 Å². The van der Waals surface area contributed by atoms with Crippen LogP contribution in [0.1, 0.15) is 5.56 Å². The third-order valence-corrected chi connectivity index (χ3v) is 4.64. The fourth-order valence-corrected chi connectivity index (χ4v) is 3.37. The Labute approximate surface area is 139 Å². The first kappa shape index (κ1) is 14.0. The van der Waals surface area contributed by atoms with E-state index in [-0.39, 0.29) is 0 Å². The predicted octanol–water partition coefficient (Wildman–Crippen LogP) is 6.02. The van der Waals surface area contributed by atoms with Crippen molar-refractivity contribution >= 4 is 32.9 Å². The van der Waals surface area contributed by atoms with Gasteiger partial charge in [0, 0.05) is 22.0 Å². The molecule has 0 spiro atoms. The largest absolute Gasteiger partial charge is 0.331 e. The van der Waals surface area contributed by atoms with Gasteiger partial charge in [0.1, 0.15) is 0 Å². The quantitative estimate of drug-likeness (QED) is 0.500. The molecule has 112 valence electrons. The molecule has 23 heavy (non-hydrogen) atoms. The molecule has 0 amide bonds. The van der Waals surface area contributed by atoms with Gasteiger partial charge in [0.2, 0.25) is 0 Å². The van der Waals surface area contributed by atoms with Crippen molar-refractivity contribution in [2.45, 2.75) is 6.92 Å². The van der Waals surface area contributed by atoms with E-state index in [1.807, 2.05) is 0 Å². The van der Waals surface area contributed by atoms with E-state index in [2.05, 4.69) is 84.4 Å². The highest BCUT2D eigenvalue weighted by Crippen LogP contribution is 2.30. The van der Waals surface area contributed by atoms with Crippen molar-refractivity contribution in [2.24, 2.45) is 0 Å². The maximum Gasteiger partial charge on any atom is 0.187 e. The third-order valence-electron chi connectivity index (χ3n) is 3.88. The Morgan fingerprint density at radius 2 is 1.65 bits per heavy atom. The van der Waals surface area contributed by atoms with Gasteiger partial charge in [-0.3, -0.25) is 0 Å². The van der Waals surface area contributed by atoms with Crippen LogP contribution in [0.4, 0.5) is 10.8 Å². The van der Waals surface area contributed by atoms with Crippen molar-refractivity contribution in [2.75, 3.05) is 5.32 Å². The lowest BCUT2D eigenvalue weighted by Gasteiger charge is -2.07. The Hall–Kier alpha value is -2.65. The number of nitrogens with zero attached hydrogens (tertiary/aromatic N) is 1. The van der Waals surface area contributed by atoms with Crippen molar-refractivity contribution < 1.29 is 0 Å². The van der Waals surface area contributed by atoms with Gasteiger partial charge in [-0.25, -0.2) is 4.98 Å². The van der Waals surface area contributed by atoms with E-state index in [1.54, 1.807) is 11.3 Å². The highest BCUT2D eigenvalue weighted by molar-refractivity contribution is 7.14. The van der Waals surface area contributed by atoms with Gasteiger partial charge < -0.3 is 5.32 Å². The lowest BCUT2D eigenvalue weighted by Crippen LogP contribution is -1.90. The lowest BCUT2D eigenvalue weighted by molar-refractivity contribution is 1.38. The highest BCUT2D eigenvalue weighted by atomic mass is 32.1. The van der Waals surface area contributed by atoms with Gasteiger partial charge in [-0.15, -0.1) is 11.3 Å². The molecular weight excluding hydrogens is 300 g/mol. The van der Waals surface area contributed by atoms with Crippen LogP contribution in [-0.2, 0) is 0 Å². The molecule has 1 N–H and O–H groups in total. The second kappa shape index (κ2) is 5.86. The molecule has 4 aromatic rings. The number of aryl methyl sites for hydroxylation is 1. The Kier molecular flexibility index (Phi) is 3.56. The molecule has 4 rings (SSSR count). The molecule has 0 bridgehead atoms. The molecule has 2 nitrogen and oxygen atoms in total. The van der Waals surface area contributed by atoms with Crippen molar-refractivity contribution in [1.82, 2.24) is 4.98 Å². The highest BCUT2D eigenvalue weighted by Gasteiger charge is 2.06. The van der Waals surface area contributed by atoms with E-state index in [9.17, 15) is 0 Å². The molecule has 0 unspecified atom stereocenters. The van der Waals surface area contributed by atoms with E-state index < -0.39 is 0 Å². The number of aromatic nitrogens is 1.